The zero-order valence-electron chi connectivity index (χ0n) is 8.96. The third-order valence-corrected chi connectivity index (χ3v) is 3.15. The second kappa shape index (κ2) is 5.20. The van der Waals surface area contributed by atoms with Gasteiger partial charge in [0.15, 0.2) is 0 Å². The number of anilines is 1. The first-order chi connectivity index (χ1) is 7.79. The van der Waals surface area contributed by atoms with Crippen LogP contribution in [0.3, 0.4) is 0 Å². The molecular weight excluding hydrogens is 222 g/mol. The minimum atomic E-state index is 0.595. The van der Waals surface area contributed by atoms with Crippen molar-refractivity contribution in [3.8, 4) is 6.07 Å². The first-order valence-electron chi connectivity index (χ1n) is 5.44. The summed E-state index contributed by atoms with van der Waals surface area (Å²) < 4.78 is 0. The van der Waals surface area contributed by atoms with Gasteiger partial charge in [0.2, 0.25) is 0 Å². The Morgan fingerprint density at radius 2 is 2.44 bits per heavy atom. The highest BCUT2D eigenvalue weighted by Gasteiger charge is 2.14. The molecule has 1 atom stereocenters. The molecule has 4 heteroatoms. The minimum absolute atomic E-state index is 0.595. The molecule has 2 rings (SSSR count). The fourth-order valence-corrected chi connectivity index (χ4v) is 2.12. The molecule has 1 unspecified atom stereocenters. The maximum Gasteiger partial charge on any atom is 0.0992 e. The highest BCUT2D eigenvalue weighted by atomic mass is 35.5. The van der Waals surface area contributed by atoms with Gasteiger partial charge in [0, 0.05) is 6.54 Å². The number of halogens is 1. The van der Waals surface area contributed by atoms with Crippen molar-refractivity contribution < 1.29 is 0 Å². The largest absolute Gasteiger partial charge is 0.384 e. The van der Waals surface area contributed by atoms with Gasteiger partial charge < -0.3 is 10.6 Å². The van der Waals surface area contributed by atoms with Crippen molar-refractivity contribution >= 4 is 17.3 Å². The Labute approximate surface area is 100 Å². The van der Waals surface area contributed by atoms with E-state index >= 15 is 0 Å². The topological polar surface area (TPSA) is 47.9 Å². The van der Waals surface area contributed by atoms with Gasteiger partial charge in [-0.1, -0.05) is 11.6 Å². The highest BCUT2D eigenvalue weighted by molar-refractivity contribution is 6.33. The Morgan fingerprint density at radius 1 is 1.56 bits per heavy atom. The van der Waals surface area contributed by atoms with Crippen LogP contribution >= 0.6 is 11.6 Å². The normalized spacial score (nSPS) is 19.4. The molecule has 1 aromatic rings. The first kappa shape index (κ1) is 11.3. The van der Waals surface area contributed by atoms with Gasteiger partial charge in [0.25, 0.3) is 0 Å². The molecule has 0 radical (unpaired) electrons. The summed E-state index contributed by atoms with van der Waals surface area (Å²) in [5.74, 6) is 0.673. The highest BCUT2D eigenvalue weighted by Crippen LogP contribution is 2.23. The molecule has 16 heavy (non-hydrogen) atoms. The zero-order chi connectivity index (χ0) is 11.4. The van der Waals surface area contributed by atoms with E-state index in [0.29, 0.717) is 16.5 Å². The van der Waals surface area contributed by atoms with Gasteiger partial charge >= 0.3 is 0 Å². The van der Waals surface area contributed by atoms with Crippen molar-refractivity contribution in [3.05, 3.63) is 28.8 Å². The molecule has 1 aliphatic heterocycles. The lowest BCUT2D eigenvalue weighted by atomic mass is 10.1. The molecule has 1 aromatic carbocycles. The molecular formula is C12H14ClN3. The van der Waals surface area contributed by atoms with Crippen LogP contribution in [0.15, 0.2) is 18.2 Å². The van der Waals surface area contributed by atoms with E-state index in [9.17, 15) is 0 Å². The summed E-state index contributed by atoms with van der Waals surface area (Å²) in [7, 11) is 0. The second-order valence-electron chi connectivity index (χ2n) is 4.05. The van der Waals surface area contributed by atoms with E-state index in [1.807, 2.05) is 6.07 Å². The molecule has 0 bridgehead atoms. The van der Waals surface area contributed by atoms with Gasteiger partial charge in [0.05, 0.1) is 22.3 Å². The molecule has 2 N–H and O–H groups in total. The average Bonchev–Trinajstić information content (AvgIpc) is 2.80. The molecule has 84 valence electrons. The van der Waals surface area contributed by atoms with Crippen LogP contribution in [0.2, 0.25) is 5.02 Å². The summed E-state index contributed by atoms with van der Waals surface area (Å²) in [6.45, 7) is 3.10. The van der Waals surface area contributed by atoms with Crippen LogP contribution in [0.5, 0.6) is 0 Å². The van der Waals surface area contributed by atoms with Gasteiger partial charge in [-0.05, 0) is 43.6 Å². The lowest BCUT2D eigenvalue weighted by Crippen LogP contribution is -2.17. The summed E-state index contributed by atoms with van der Waals surface area (Å²) in [6.07, 6.45) is 1.21. The monoisotopic (exact) mass is 235 g/mol. The van der Waals surface area contributed by atoms with Crippen LogP contribution in [0.4, 0.5) is 5.69 Å². The van der Waals surface area contributed by atoms with E-state index in [1.165, 1.54) is 6.42 Å². The lowest BCUT2D eigenvalue weighted by molar-refractivity contribution is 0.615. The molecule has 1 fully saturated rings. The van der Waals surface area contributed by atoms with Crippen molar-refractivity contribution in [2.75, 3.05) is 25.0 Å². The predicted molar refractivity (Wildman–Crippen MR) is 65.6 cm³/mol. The number of nitriles is 1. The van der Waals surface area contributed by atoms with E-state index < -0.39 is 0 Å². The number of hydrogen-bond acceptors (Lipinski definition) is 3. The molecule has 0 aromatic heterocycles. The predicted octanol–water partition coefficient (Wildman–Crippen LogP) is 2.23. The average molecular weight is 236 g/mol. The van der Waals surface area contributed by atoms with Crippen LogP contribution < -0.4 is 10.6 Å². The summed E-state index contributed by atoms with van der Waals surface area (Å²) in [5.41, 5.74) is 1.51. The number of nitrogens with one attached hydrogen (secondary N) is 2. The summed E-state index contributed by atoms with van der Waals surface area (Å²) in [6, 6.07) is 7.40. The van der Waals surface area contributed by atoms with Gasteiger partial charge in [-0.25, -0.2) is 0 Å². The molecule has 0 saturated carbocycles. The van der Waals surface area contributed by atoms with E-state index in [-0.39, 0.29) is 0 Å². The van der Waals surface area contributed by atoms with E-state index in [0.717, 1.165) is 25.3 Å². The quantitative estimate of drug-likeness (QED) is 0.845. The number of hydrogen-bond donors (Lipinski definition) is 2. The van der Waals surface area contributed by atoms with E-state index in [4.69, 9.17) is 16.9 Å². The Balaban J connectivity index is 1.96. The molecule has 1 heterocycles. The van der Waals surface area contributed by atoms with Crippen molar-refractivity contribution in [2.45, 2.75) is 6.42 Å². The van der Waals surface area contributed by atoms with Crippen LogP contribution in [-0.4, -0.2) is 19.6 Å². The Hall–Kier alpha value is -1.24. The van der Waals surface area contributed by atoms with Gasteiger partial charge in [-0.3, -0.25) is 0 Å². The molecule has 1 saturated heterocycles. The SMILES string of the molecule is N#Cc1ccc(NCC2CCNC2)c(Cl)c1. The van der Waals surface area contributed by atoms with Crippen LogP contribution in [0, 0.1) is 17.2 Å². The van der Waals surface area contributed by atoms with Crippen LogP contribution in [0.25, 0.3) is 0 Å². The van der Waals surface area contributed by atoms with E-state index in [2.05, 4.69) is 16.7 Å². The molecule has 1 aliphatic rings. The van der Waals surface area contributed by atoms with Crippen molar-refractivity contribution in [1.82, 2.24) is 5.32 Å². The number of nitrogens with zero attached hydrogens (tertiary/aromatic N) is 1. The van der Waals surface area contributed by atoms with Gasteiger partial charge in [-0.2, -0.15) is 5.26 Å². The molecule has 0 aliphatic carbocycles. The van der Waals surface area contributed by atoms with Crippen LogP contribution in [-0.2, 0) is 0 Å². The third-order valence-electron chi connectivity index (χ3n) is 2.84. The van der Waals surface area contributed by atoms with Gasteiger partial charge in [0.1, 0.15) is 0 Å². The first-order valence-corrected chi connectivity index (χ1v) is 5.81. The van der Waals surface area contributed by atoms with E-state index in [1.54, 1.807) is 12.1 Å². The van der Waals surface area contributed by atoms with Crippen molar-refractivity contribution in [3.63, 3.8) is 0 Å². The zero-order valence-corrected chi connectivity index (χ0v) is 9.72. The molecule has 0 amide bonds. The smallest absolute Gasteiger partial charge is 0.0992 e. The van der Waals surface area contributed by atoms with Crippen LogP contribution in [0.1, 0.15) is 12.0 Å². The van der Waals surface area contributed by atoms with Crippen molar-refractivity contribution in [2.24, 2.45) is 5.92 Å². The maximum atomic E-state index is 8.72. The fourth-order valence-electron chi connectivity index (χ4n) is 1.87. The lowest BCUT2D eigenvalue weighted by Gasteiger charge is -2.12. The Bertz CT molecular complexity index is 405. The summed E-state index contributed by atoms with van der Waals surface area (Å²) >= 11 is 6.06. The number of benzene rings is 1. The molecule has 0 spiro atoms. The fraction of sp³-hybridized carbons (Fsp3) is 0.417. The Morgan fingerprint density at radius 3 is 3.06 bits per heavy atom. The standard InChI is InChI=1S/C12H14ClN3/c13-11-5-9(6-14)1-2-12(11)16-8-10-3-4-15-7-10/h1-2,5,10,15-16H,3-4,7-8H2. The minimum Gasteiger partial charge on any atom is -0.384 e. The number of rotatable bonds is 3. The van der Waals surface area contributed by atoms with Crippen molar-refractivity contribution in [1.29, 1.82) is 5.26 Å². The van der Waals surface area contributed by atoms with Gasteiger partial charge in [-0.15, -0.1) is 0 Å². The third kappa shape index (κ3) is 2.66. The summed E-state index contributed by atoms with van der Waals surface area (Å²) in [5, 5.41) is 16.0. The maximum absolute atomic E-state index is 8.72. The summed E-state index contributed by atoms with van der Waals surface area (Å²) in [4.78, 5) is 0. The molecule has 3 nitrogen and oxygen atoms in total. The second-order valence-corrected chi connectivity index (χ2v) is 4.45. The Kier molecular flexibility index (Phi) is 3.66.